The Labute approximate surface area is 166 Å². The summed E-state index contributed by atoms with van der Waals surface area (Å²) in [7, 11) is 0. The first kappa shape index (κ1) is 17.5. The average molecular weight is 395 g/mol. The molecule has 0 saturated carbocycles. The Morgan fingerprint density at radius 1 is 1.36 bits per heavy atom. The lowest BCUT2D eigenvalue weighted by Crippen LogP contribution is -2.49. The van der Waals surface area contributed by atoms with Crippen molar-refractivity contribution in [1.29, 1.82) is 0 Å². The van der Waals surface area contributed by atoms with Crippen LogP contribution in [0.5, 0.6) is 0 Å². The van der Waals surface area contributed by atoms with Gasteiger partial charge in [0.05, 0.1) is 18.0 Å². The predicted octanol–water partition coefficient (Wildman–Crippen LogP) is 2.94. The number of aromatic nitrogens is 4. The molecule has 1 N–H and O–H groups in total. The molecule has 144 valence electrons. The van der Waals surface area contributed by atoms with Crippen molar-refractivity contribution in [3.05, 3.63) is 51.9 Å². The van der Waals surface area contributed by atoms with Crippen LogP contribution in [0.25, 0.3) is 11.3 Å². The van der Waals surface area contributed by atoms with Gasteiger partial charge < -0.3 is 9.64 Å². The minimum absolute atomic E-state index is 0.0151. The van der Waals surface area contributed by atoms with Gasteiger partial charge in [0, 0.05) is 30.2 Å². The maximum atomic E-state index is 12.9. The molecule has 1 saturated heterocycles. The van der Waals surface area contributed by atoms with Crippen LogP contribution in [0.3, 0.4) is 0 Å². The van der Waals surface area contributed by atoms with Gasteiger partial charge in [-0.2, -0.15) is 16.4 Å². The molecule has 0 aliphatic carbocycles. The van der Waals surface area contributed by atoms with Crippen LogP contribution < -0.4 is 0 Å². The third-order valence-electron chi connectivity index (χ3n) is 5.65. The number of fused-ring (bicyclic) bond motifs is 2. The van der Waals surface area contributed by atoms with Crippen LogP contribution in [0, 0.1) is 6.92 Å². The molecular formula is C20H21N5O2S. The fraction of sp³-hybridized carbons (Fsp3) is 0.400. The molecule has 3 aromatic rings. The van der Waals surface area contributed by atoms with Crippen LogP contribution in [0.4, 0.5) is 0 Å². The largest absolute Gasteiger partial charge is 0.368 e. The van der Waals surface area contributed by atoms with Gasteiger partial charge in [-0.3, -0.25) is 9.89 Å². The highest BCUT2D eigenvalue weighted by atomic mass is 32.1. The minimum atomic E-state index is -0.395. The zero-order valence-electron chi connectivity index (χ0n) is 15.6. The Morgan fingerprint density at radius 2 is 2.21 bits per heavy atom. The summed E-state index contributed by atoms with van der Waals surface area (Å²) in [6.45, 7) is 3.85. The van der Waals surface area contributed by atoms with Crippen LogP contribution in [0.1, 0.15) is 40.4 Å². The second kappa shape index (κ2) is 6.79. The number of amides is 1. The maximum absolute atomic E-state index is 12.9. The van der Waals surface area contributed by atoms with Gasteiger partial charge in [-0.05, 0) is 49.3 Å². The number of nitrogens with one attached hydrogen (secondary N) is 1. The van der Waals surface area contributed by atoms with Crippen molar-refractivity contribution >= 4 is 17.2 Å². The topological polar surface area (TPSA) is 84.0 Å². The van der Waals surface area contributed by atoms with E-state index in [1.54, 1.807) is 11.3 Å². The lowest BCUT2D eigenvalue weighted by Gasteiger charge is -2.43. The summed E-state index contributed by atoms with van der Waals surface area (Å²) in [5, 5.41) is 11.2. The Bertz CT molecular complexity index is 1010. The van der Waals surface area contributed by atoms with Gasteiger partial charge in [0.2, 0.25) is 0 Å². The fourth-order valence-corrected chi connectivity index (χ4v) is 4.76. The monoisotopic (exact) mass is 395 g/mol. The number of hydrogen-bond acceptors (Lipinski definition) is 6. The lowest BCUT2D eigenvalue weighted by molar-refractivity contribution is -0.0969. The summed E-state index contributed by atoms with van der Waals surface area (Å²) in [5.74, 6) is 0.749. The third kappa shape index (κ3) is 2.93. The number of aryl methyl sites for hydroxylation is 1. The van der Waals surface area contributed by atoms with Crippen molar-refractivity contribution in [1.82, 2.24) is 25.1 Å². The number of piperidine rings is 1. The number of hydrogen-bond donors (Lipinski definition) is 1. The van der Waals surface area contributed by atoms with E-state index in [1.165, 1.54) is 5.56 Å². The molecule has 1 spiro atoms. The first-order chi connectivity index (χ1) is 13.6. The molecule has 0 aromatic carbocycles. The molecule has 0 atom stereocenters. The average Bonchev–Trinajstić information content (AvgIpc) is 3.41. The van der Waals surface area contributed by atoms with E-state index in [0.717, 1.165) is 42.0 Å². The summed E-state index contributed by atoms with van der Waals surface area (Å²) >= 11 is 1.61. The molecule has 8 heteroatoms. The van der Waals surface area contributed by atoms with E-state index in [0.29, 0.717) is 25.4 Å². The Morgan fingerprint density at radius 3 is 3.00 bits per heavy atom. The van der Waals surface area contributed by atoms with E-state index in [4.69, 9.17) is 9.72 Å². The van der Waals surface area contributed by atoms with Crippen molar-refractivity contribution < 1.29 is 9.53 Å². The summed E-state index contributed by atoms with van der Waals surface area (Å²) in [5.41, 5.74) is 4.15. The highest BCUT2D eigenvalue weighted by molar-refractivity contribution is 7.08. The van der Waals surface area contributed by atoms with Gasteiger partial charge in [-0.1, -0.05) is 0 Å². The number of aromatic amines is 1. The van der Waals surface area contributed by atoms with E-state index in [2.05, 4.69) is 15.2 Å². The first-order valence-electron chi connectivity index (χ1n) is 9.49. The number of rotatable bonds is 2. The molecule has 0 unspecified atom stereocenters. The van der Waals surface area contributed by atoms with Crippen LogP contribution in [0.15, 0.2) is 29.1 Å². The zero-order chi connectivity index (χ0) is 19.1. The molecule has 3 aromatic heterocycles. The first-order valence-corrected chi connectivity index (χ1v) is 10.4. The quantitative estimate of drug-likeness (QED) is 0.721. The number of likely N-dealkylation sites (tertiary alicyclic amines) is 1. The maximum Gasteiger partial charge on any atom is 0.271 e. The second-order valence-corrected chi connectivity index (χ2v) is 8.13. The van der Waals surface area contributed by atoms with E-state index in [1.807, 2.05) is 40.9 Å². The van der Waals surface area contributed by atoms with E-state index in [9.17, 15) is 4.79 Å². The van der Waals surface area contributed by atoms with Gasteiger partial charge in [0.1, 0.15) is 17.1 Å². The standard InChI is InChI=1S/C20H21N5O2S/c1-13-21-11-14-2-8-27-20(18(14)22-13)4-6-25(7-5-20)19(26)17-10-16(23-24-17)15-3-9-28-12-15/h3,9-12H,2,4-8H2,1H3,(H,23,24). The Kier molecular flexibility index (Phi) is 4.25. The van der Waals surface area contributed by atoms with Crippen molar-refractivity contribution in [2.24, 2.45) is 0 Å². The van der Waals surface area contributed by atoms with E-state index < -0.39 is 5.60 Å². The number of carbonyl (C=O) groups is 1. The zero-order valence-corrected chi connectivity index (χ0v) is 16.5. The molecule has 5 rings (SSSR count). The van der Waals surface area contributed by atoms with Crippen molar-refractivity contribution in [3.8, 4) is 11.3 Å². The molecule has 1 amide bonds. The molecule has 28 heavy (non-hydrogen) atoms. The number of nitrogens with zero attached hydrogens (tertiary/aromatic N) is 4. The van der Waals surface area contributed by atoms with E-state index in [-0.39, 0.29) is 5.91 Å². The van der Waals surface area contributed by atoms with Gasteiger partial charge >= 0.3 is 0 Å². The van der Waals surface area contributed by atoms with Gasteiger partial charge in [-0.25, -0.2) is 9.97 Å². The predicted molar refractivity (Wildman–Crippen MR) is 105 cm³/mol. The highest BCUT2D eigenvalue weighted by Gasteiger charge is 2.43. The molecule has 5 heterocycles. The molecule has 7 nitrogen and oxygen atoms in total. The molecule has 0 radical (unpaired) electrons. The van der Waals surface area contributed by atoms with Crippen LogP contribution in [-0.2, 0) is 16.8 Å². The van der Waals surface area contributed by atoms with Crippen molar-refractivity contribution in [3.63, 3.8) is 0 Å². The van der Waals surface area contributed by atoms with Crippen LogP contribution >= 0.6 is 11.3 Å². The number of thiophene rings is 1. The molecule has 2 aliphatic heterocycles. The van der Waals surface area contributed by atoms with Gasteiger partial charge in [-0.15, -0.1) is 0 Å². The minimum Gasteiger partial charge on any atom is -0.368 e. The smallest absolute Gasteiger partial charge is 0.271 e. The summed E-state index contributed by atoms with van der Waals surface area (Å²) in [6.07, 6.45) is 4.26. The third-order valence-corrected chi connectivity index (χ3v) is 6.33. The van der Waals surface area contributed by atoms with Gasteiger partial charge in [0.15, 0.2) is 0 Å². The normalized spacial score (nSPS) is 18.2. The Hall–Kier alpha value is -2.58. The summed E-state index contributed by atoms with van der Waals surface area (Å²) in [4.78, 5) is 23.9. The molecule has 0 bridgehead atoms. The number of ether oxygens (including phenoxy) is 1. The fourth-order valence-electron chi connectivity index (χ4n) is 4.11. The number of carbonyl (C=O) groups excluding carboxylic acids is 1. The second-order valence-electron chi connectivity index (χ2n) is 7.35. The van der Waals surface area contributed by atoms with E-state index >= 15 is 0 Å². The van der Waals surface area contributed by atoms with Gasteiger partial charge in [0.25, 0.3) is 5.91 Å². The highest BCUT2D eigenvalue weighted by Crippen LogP contribution is 2.40. The molecule has 1 fully saturated rings. The molecular weight excluding hydrogens is 374 g/mol. The Balaban J connectivity index is 1.33. The van der Waals surface area contributed by atoms with Crippen LogP contribution in [-0.4, -0.2) is 50.7 Å². The van der Waals surface area contributed by atoms with Crippen molar-refractivity contribution in [2.45, 2.75) is 31.8 Å². The van der Waals surface area contributed by atoms with Crippen molar-refractivity contribution in [2.75, 3.05) is 19.7 Å². The van der Waals surface area contributed by atoms with Crippen LogP contribution in [0.2, 0.25) is 0 Å². The summed E-state index contributed by atoms with van der Waals surface area (Å²) < 4.78 is 6.23. The lowest BCUT2D eigenvalue weighted by atomic mass is 9.83. The SMILES string of the molecule is Cc1ncc2c(n1)C1(CCN(C(=O)c3cc(-c4ccsc4)n[nH]3)CC1)OCC2. The molecule has 2 aliphatic rings. The summed E-state index contributed by atoms with van der Waals surface area (Å²) in [6, 6.07) is 3.83. The number of H-pyrrole nitrogens is 1.